The summed E-state index contributed by atoms with van der Waals surface area (Å²) in [7, 11) is -3.05. The van der Waals surface area contributed by atoms with Crippen molar-refractivity contribution in [2.45, 2.75) is 13.8 Å². The Morgan fingerprint density at radius 1 is 1.32 bits per heavy atom. The summed E-state index contributed by atoms with van der Waals surface area (Å²) in [5.41, 5.74) is 0.413. The maximum Gasteiger partial charge on any atom is 0.252 e. The van der Waals surface area contributed by atoms with E-state index >= 15 is 0 Å². The van der Waals surface area contributed by atoms with Crippen LogP contribution >= 0.6 is 0 Å². The average molecular weight is 285 g/mol. The number of anilines is 1. The molecule has 0 unspecified atom stereocenters. The van der Waals surface area contributed by atoms with Crippen LogP contribution in [0.2, 0.25) is 0 Å². The second kappa shape index (κ2) is 7.08. The predicted octanol–water partition coefficient (Wildman–Crippen LogP) is 0.678. The molecule has 0 aliphatic rings. The van der Waals surface area contributed by atoms with Crippen molar-refractivity contribution in [1.29, 1.82) is 0 Å². The number of carbonyl (C=O) groups excluding carboxylic acids is 1. The van der Waals surface area contributed by atoms with Gasteiger partial charge in [-0.15, -0.1) is 0 Å². The van der Waals surface area contributed by atoms with Gasteiger partial charge in [0.1, 0.15) is 5.82 Å². The molecule has 0 aromatic carbocycles. The van der Waals surface area contributed by atoms with E-state index in [2.05, 4.69) is 15.6 Å². The van der Waals surface area contributed by atoms with Crippen LogP contribution < -0.4 is 10.6 Å². The number of hydrogen-bond acceptors (Lipinski definition) is 5. The molecule has 1 aromatic rings. The first-order chi connectivity index (χ1) is 8.98. The van der Waals surface area contributed by atoms with Gasteiger partial charge in [-0.1, -0.05) is 6.92 Å². The molecule has 106 valence electrons. The largest absolute Gasteiger partial charge is 0.370 e. The minimum atomic E-state index is -3.05. The third-order valence-electron chi connectivity index (χ3n) is 2.52. The quantitative estimate of drug-likeness (QED) is 0.769. The van der Waals surface area contributed by atoms with Gasteiger partial charge < -0.3 is 10.6 Å². The number of hydrogen-bond donors (Lipinski definition) is 2. The van der Waals surface area contributed by atoms with Crippen LogP contribution in [0.5, 0.6) is 0 Å². The summed E-state index contributed by atoms with van der Waals surface area (Å²) in [5.74, 6) is 0.425. The topological polar surface area (TPSA) is 88.2 Å². The summed E-state index contributed by atoms with van der Waals surface area (Å²) in [6.45, 7) is 4.41. The number of sulfone groups is 1. The number of nitrogens with one attached hydrogen (secondary N) is 2. The highest BCUT2D eigenvalue weighted by Gasteiger charge is 2.09. The lowest BCUT2D eigenvalue weighted by atomic mass is 10.2. The monoisotopic (exact) mass is 285 g/mol. The standard InChI is InChI=1S/C12H19N3O3S/c1-3-13-11-6-5-10(9-15-11)12(16)14-7-8-19(17,18)4-2/h5-6,9H,3-4,7-8H2,1-2H3,(H,13,15)(H,14,16). The number of aromatic nitrogens is 1. The van der Waals surface area contributed by atoms with Gasteiger partial charge in [0.05, 0.1) is 11.3 Å². The van der Waals surface area contributed by atoms with Crippen LogP contribution in [0.3, 0.4) is 0 Å². The van der Waals surface area contributed by atoms with Crippen LogP contribution in [0.1, 0.15) is 24.2 Å². The smallest absolute Gasteiger partial charge is 0.252 e. The fourth-order valence-corrected chi connectivity index (χ4v) is 2.08. The highest BCUT2D eigenvalue weighted by atomic mass is 32.2. The maximum absolute atomic E-state index is 11.7. The van der Waals surface area contributed by atoms with Gasteiger partial charge in [-0.25, -0.2) is 13.4 Å². The summed E-state index contributed by atoms with van der Waals surface area (Å²) >= 11 is 0. The summed E-state index contributed by atoms with van der Waals surface area (Å²) < 4.78 is 22.5. The van der Waals surface area contributed by atoms with Gasteiger partial charge >= 0.3 is 0 Å². The lowest BCUT2D eigenvalue weighted by Gasteiger charge is -2.06. The van der Waals surface area contributed by atoms with E-state index in [9.17, 15) is 13.2 Å². The average Bonchev–Trinajstić information content (AvgIpc) is 2.39. The molecule has 0 spiro atoms. The van der Waals surface area contributed by atoms with E-state index in [1.807, 2.05) is 6.92 Å². The van der Waals surface area contributed by atoms with Gasteiger partial charge in [-0.3, -0.25) is 4.79 Å². The van der Waals surface area contributed by atoms with E-state index in [1.54, 1.807) is 19.1 Å². The van der Waals surface area contributed by atoms with Crippen molar-refractivity contribution in [3.8, 4) is 0 Å². The van der Waals surface area contributed by atoms with Gasteiger partial charge in [0.2, 0.25) is 0 Å². The molecular weight excluding hydrogens is 266 g/mol. The minimum Gasteiger partial charge on any atom is -0.370 e. The lowest BCUT2D eigenvalue weighted by Crippen LogP contribution is -2.29. The van der Waals surface area contributed by atoms with E-state index in [1.165, 1.54) is 6.20 Å². The van der Waals surface area contributed by atoms with Gasteiger partial charge in [0, 0.05) is 25.0 Å². The molecule has 7 heteroatoms. The molecule has 0 aliphatic carbocycles. The summed E-state index contributed by atoms with van der Waals surface area (Å²) in [6.07, 6.45) is 1.46. The molecule has 0 radical (unpaired) electrons. The summed E-state index contributed by atoms with van der Waals surface area (Å²) in [5, 5.41) is 5.58. The number of carbonyl (C=O) groups is 1. The minimum absolute atomic E-state index is 0.0435. The molecule has 19 heavy (non-hydrogen) atoms. The molecule has 1 rings (SSSR count). The molecule has 0 saturated heterocycles. The Morgan fingerprint density at radius 3 is 2.58 bits per heavy atom. The van der Waals surface area contributed by atoms with E-state index in [0.29, 0.717) is 11.4 Å². The van der Waals surface area contributed by atoms with Crippen molar-refractivity contribution in [3.63, 3.8) is 0 Å². The number of rotatable bonds is 7. The van der Waals surface area contributed by atoms with E-state index in [4.69, 9.17) is 0 Å². The van der Waals surface area contributed by atoms with Crippen LogP contribution in [0.4, 0.5) is 5.82 Å². The fourth-order valence-electron chi connectivity index (χ4n) is 1.38. The van der Waals surface area contributed by atoms with Gasteiger partial charge in [-0.2, -0.15) is 0 Å². The first kappa shape index (κ1) is 15.4. The van der Waals surface area contributed by atoms with Crippen LogP contribution in [0, 0.1) is 0 Å². The number of amides is 1. The predicted molar refractivity (Wildman–Crippen MR) is 75.1 cm³/mol. The van der Waals surface area contributed by atoms with Gasteiger partial charge in [0.25, 0.3) is 5.91 Å². The number of pyridine rings is 1. The Morgan fingerprint density at radius 2 is 2.05 bits per heavy atom. The SMILES string of the molecule is CCNc1ccc(C(=O)NCCS(=O)(=O)CC)cn1. The Kier molecular flexibility index (Phi) is 5.75. The summed E-state index contributed by atoms with van der Waals surface area (Å²) in [4.78, 5) is 15.8. The van der Waals surface area contributed by atoms with Crippen LogP contribution in [-0.2, 0) is 9.84 Å². The van der Waals surface area contributed by atoms with E-state index in [-0.39, 0.29) is 24.0 Å². The third kappa shape index (κ3) is 5.25. The molecule has 0 atom stereocenters. The zero-order valence-corrected chi connectivity index (χ0v) is 12.0. The van der Waals surface area contributed by atoms with Crippen LogP contribution in [-0.4, -0.2) is 43.9 Å². The number of nitrogens with zero attached hydrogens (tertiary/aromatic N) is 1. The zero-order valence-electron chi connectivity index (χ0n) is 11.1. The molecule has 1 aromatic heterocycles. The molecule has 6 nitrogen and oxygen atoms in total. The van der Waals surface area contributed by atoms with Crippen molar-refractivity contribution in [2.24, 2.45) is 0 Å². The maximum atomic E-state index is 11.7. The highest BCUT2D eigenvalue weighted by Crippen LogP contribution is 2.04. The Hall–Kier alpha value is -1.63. The molecule has 0 bridgehead atoms. The van der Waals surface area contributed by atoms with Crippen molar-refractivity contribution < 1.29 is 13.2 Å². The first-order valence-corrected chi connectivity index (χ1v) is 7.99. The molecule has 2 N–H and O–H groups in total. The highest BCUT2D eigenvalue weighted by molar-refractivity contribution is 7.91. The Labute approximate surface area is 113 Å². The second-order valence-electron chi connectivity index (χ2n) is 3.95. The molecular formula is C12H19N3O3S. The van der Waals surface area contributed by atoms with Crippen LogP contribution in [0.15, 0.2) is 18.3 Å². The molecule has 0 fully saturated rings. The van der Waals surface area contributed by atoms with Crippen LogP contribution in [0.25, 0.3) is 0 Å². The van der Waals surface area contributed by atoms with E-state index in [0.717, 1.165) is 6.54 Å². The normalized spacial score (nSPS) is 11.1. The van der Waals surface area contributed by atoms with E-state index < -0.39 is 9.84 Å². The molecule has 1 heterocycles. The molecule has 0 aliphatic heterocycles. The second-order valence-corrected chi connectivity index (χ2v) is 6.43. The van der Waals surface area contributed by atoms with Crippen molar-refractivity contribution in [3.05, 3.63) is 23.9 Å². The molecule has 1 amide bonds. The third-order valence-corrected chi connectivity index (χ3v) is 4.23. The summed E-state index contributed by atoms with van der Waals surface area (Å²) in [6, 6.07) is 3.36. The van der Waals surface area contributed by atoms with Crippen molar-refractivity contribution in [2.75, 3.05) is 29.9 Å². The zero-order chi connectivity index (χ0) is 14.3. The first-order valence-electron chi connectivity index (χ1n) is 6.17. The van der Waals surface area contributed by atoms with Gasteiger partial charge in [-0.05, 0) is 19.1 Å². The van der Waals surface area contributed by atoms with Crippen molar-refractivity contribution >= 4 is 21.6 Å². The Balaban J connectivity index is 2.50. The fraction of sp³-hybridized carbons (Fsp3) is 0.500. The lowest BCUT2D eigenvalue weighted by molar-refractivity contribution is 0.0956. The van der Waals surface area contributed by atoms with Gasteiger partial charge in [0.15, 0.2) is 9.84 Å². The van der Waals surface area contributed by atoms with Crippen molar-refractivity contribution in [1.82, 2.24) is 10.3 Å². The Bertz CT molecular complexity index is 512. The molecule has 0 saturated carbocycles.